The van der Waals surface area contributed by atoms with Crippen LogP contribution in [0.25, 0.3) is 0 Å². The van der Waals surface area contributed by atoms with Gasteiger partial charge < -0.3 is 14.8 Å². The van der Waals surface area contributed by atoms with Gasteiger partial charge in [0.2, 0.25) is 11.0 Å². The molecule has 8 nitrogen and oxygen atoms in total. The van der Waals surface area contributed by atoms with E-state index in [0.29, 0.717) is 9.47 Å². The largest absolute Gasteiger partial charge is 0.497 e. The Balaban J connectivity index is 1.84. The second kappa shape index (κ2) is 9.08. The number of anilines is 2. The number of alkyl carbamates (subject to hydrolysis) is 1. The topological polar surface area (TPSA) is 102 Å². The molecule has 0 aliphatic carbocycles. The Kier molecular flexibility index (Phi) is 6.82. The number of ether oxygens (including phenoxy) is 2. The first kappa shape index (κ1) is 18.0. The van der Waals surface area contributed by atoms with Gasteiger partial charge in [-0.2, -0.15) is 0 Å². The number of carbonyl (C=O) groups is 2. The Labute approximate surface area is 146 Å². The molecule has 128 valence electrons. The van der Waals surface area contributed by atoms with Crippen molar-refractivity contribution in [1.82, 2.24) is 15.5 Å². The van der Waals surface area contributed by atoms with Crippen molar-refractivity contribution in [2.75, 3.05) is 24.8 Å². The highest BCUT2D eigenvalue weighted by Gasteiger charge is 2.11. The van der Waals surface area contributed by atoms with E-state index >= 15 is 0 Å². The molecule has 0 unspecified atom stereocenters. The molecule has 0 radical (unpaired) electrons. The number of nitrogens with zero attached hydrogens (tertiary/aromatic N) is 2. The fourth-order valence-corrected chi connectivity index (χ4v) is 3.16. The van der Waals surface area contributed by atoms with Gasteiger partial charge in [0.15, 0.2) is 4.34 Å². The van der Waals surface area contributed by atoms with E-state index in [1.807, 2.05) is 24.3 Å². The van der Waals surface area contributed by atoms with Crippen LogP contribution >= 0.6 is 23.1 Å². The molecule has 2 rings (SSSR count). The van der Waals surface area contributed by atoms with E-state index in [1.54, 1.807) is 14.0 Å². The zero-order valence-electron chi connectivity index (χ0n) is 13.1. The highest BCUT2D eigenvalue weighted by molar-refractivity contribution is 8.01. The standard InChI is InChI=1S/C14H16N4O4S2/c1-3-22-13(20)16-11(19)8-23-14-18-17-12(24-14)15-9-5-4-6-10(7-9)21-2/h4-7H,3,8H2,1-2H3,(H,15,17)(H,16,19,20). The molecule has 1 aromatic carbocycles. The van der Waals surface area contributed by atoms with Crippen LogP contribution in [0.2, 0.25) is 0 Å². The molecule has 0 atom stereocenters. The number of amides is 2. The number of methoxy groups -OCH3 is 1. The molecule has 1 heterocycles. The molecule has 0 aliphatic rings. The molecule has 0 bridgehead atoms. The van der Waals surface area contributed by atoms with Crippen molar-refractivity contribution in [1.29, 1.82) is 0 Å². The van der Waals surface area contributed by atoms with Gasteiger partial charge in [0.1, 0.15) is 5.75 Å². The minimum atomic E-state index is -0.749. The van der Waals surface area contributed by atoms with E-state index in [1.165, 1.54) is 23.1 Å². The Bertz CT molecular complexity index is 708. The van der Waals surface area contributed by atoms with Gasteiger partial charge in [-0.25, -0.2) is 4.79 Å². The van der Waals surface area contributed by atoms with Crippen LogP contribution in [0.15, 0.2) is 28.6 Å². The van der Waals surface area contributed by atoms with E-state index in [2.05, 4.69) is 25.6 Å². The van der Waals surface area contributed by atoms with E-state index in [0.717, 1.165) is 11.4 Å². The van der Waals surface area contributed by atoms with E-state index in [4.69, 9.17) is 4.74 Å². The summed E-state index contributed by atoms with van der Waals surface area (Å²) in [5.41, 5.74) is 0.821. The Morgan fingerprint density at radius 3 is 2.92 bits per heavy atom. The summed E-state index contributed by atoms with van der Waals surface area (Å²) in [7, 11) is 1.60. The maximum Gasteiger partial charge on any atom is 0.413 e. The second-order valence-electron chi connectivity index (χ2n) is 4.29. The number of hydrogen-bond donors (Lipinski definition) is 2. The molecule has 2 N–H and O–H groups in total. The maximum absolute atomic E-state index is 11.6. The average molecular weight is 368 g/mol. The minimum absolute atomic E-state index is 0.0482. The molecule has 0 aliphatic heterocycles. The first-order chi connectivity index (χ1) is 11.6. The number of carbonyl (C=O) groups excluding carboxylic acids is 2. The van der Waals surface area contributed by atoms with Gasteiger partial charge in [0.25, 0.3) is 0 Å². The number of benzene rings is 1. The van der Waals surface area contributed by atoms with Gasteiger partial charge in [0, 0.05) is 11.8 Å². The SMILES string of the molecule is CCOC(=O)NC(=O)CSc1nnc(Nc2cccc(OC)c2)s1. The molecule has 1 aromatic heterocycles. The summed E-state index contributed by atoms with van der Waals surface area (Å²) in [5.74, 6) is 0.331. The zero-order valence-corrected chi connectivity index (χ0v) is 14.7. The van der Waals surface area contributed by atoms with Crippen molar-refractivity contribution < 1.29 is 19.1 Å². The van der Waals surface area contributed by atoms with Gasteiger partial charge in [0.05, 0.1) is 19.5 Å². The molecule has 10 heteroatoms. The molecular weight excluding hydrogens is 352 g/mol. The van der Waals surface area contributed by atoms with Crippen LogP contribution in [0, 0.1) is 0 Å². The van der Waals surface area contributed by atoms with Gasteiger partial charge in [-0.05, 0) is 19.1 Å². The van der Waals surface area contributed by atoms with E-state index in [-0.39, 0.29) is 12.4 Å². The number of hydrogen-bond acceptors (Lipinski definition) is 9. The van der Waals surface area contributed by atoms with Crippen LogP contribution in [0.3, 0.4) is 0 Å². The van der Waals surface area contributed by atoms with Gasteiger partial charge >= 0.3 is 6.09 Å². The van der Waals surface area contributed by atoms with Crippen LogP contribution < -0.4 is 15.4 Å². The summed E-state index contributed by atoms with van der Waals surface area (Å²) in [6, 6.07) is 7.41. The lowest BCUT2D eigenvalue weighted by Gasteiger charge is -2.04. The Morgan fingerprint density at radius 2 is 2.17 bits per heavy atom. The highest BCUT2D eigenvalue weighted by Crippen LogP contribution is 2.28. The molecule has 0 fully saturated rings. The molecular formula is C14H16N4O4S2. The fraction of sp³-hybridized carbons (Fsp3) is 0.286. The fourth-order valence-electron chi connectivity index (χ4n) is 1.59. The van der Waals surface area contributed by atoms with Crippen molar-refractivity contribution in [3.8, 4) is 5.75 Å². The highest BCUT2D eigenvalue weighted by atomic mass is 32.2. The van der Waals surface area contributed by atoms with Crippen molar-refractivity contribution in [3.05, 3.63) is 24.3 Å². The Morgan fingerprint density at radius 1 is 1.33 bits per heavy atom. The van der Waals surface area contributed by atoms with Crippen molar-refractivity contribution in [2.45, 2.75) is 11.3 Å². The predicted molar refractivity (Wildman–Crippen MR) is 92.1 cm³/mol. The van der Waals surface area contributed by atoms with Gasteiger partial charge in [-0.15, -0.1) is 10.2 Å². The number of imide groups is 1. The molecule has 2 amide bonds. The molecule has 0 saturated carbocycles. The molecule has 0 saturated heterocycles. The summed E-state index contributed by atoms with van der Waals surface area (Å²) in [6.45, 7) is 1.87. The summed E-state index contributed by atoms with van der Waals surface area (Å²) in [6.07, 6.45) is -0.749. The third kappa shape index (κ3) is 5.70. The number of rotatable bonds is 7. The average Bonchev–Trinajstić information content (AvgIpc) is 3.01. The monoisotopic (exact) mass is 368 g/mol. The maximum atomic E-state index is 11.6. The second-order valence-corrected chi connectivity index (χ2v) is 6.49. The summed E-state index contributed by atoms with van der Waals surface area (Å²) < 4.78 is 10.4. The zero-order chi connectivity index (χ0) is 17.4. The van der Waals surface area contributed by atoms with Crippen LogP contribution in [0.5, 0.6) is 5.75 Å². The smallest absolute Gasteiger partial charge is 0.413 e. The summed E-state index contributed by atoms with van der Waals surface area (Å²) in [4.78, 5) is 22.7. The van der Waals surface area contributed by atoms with Gasteiger partial charge in [-0.1, -0.05) is 29.2 Å². The molecule has 2 aromatic rings. The van der Waals surface area contributed by atoms with E-state index < -0.39 is 12.0 Å². The lowest BCUT2D eigenvalue weighted by molar-refractivity contribution is -0.117. The first-order valence-electron chi connectivity index (χ1n) is 6.94. The lowest BCUT2D eigenvalue weighted by Crippen LogP contribution is -2.32. The van der Waals surface area contributed by atoms with Crippen molar-refractivity contribution in [3.63, 3.8) is 0 Å². The third-order valence-electron chi connectivity index (χ3n) is 2.57. The number of thioether (sulfide) groups is 1. The quantitative estimate of drug-likeness (QED) is 0.719. The lowest BCUT2D eigenvalue weighted by atomic mass is 10.3. The first-order valence-corrected chi connectivity index (χ1v) is 8.75. The molecule has 0 spiro atoms. The number of nitrogens with one attached hydrogen (secondary N) is 2. The van der Waals surface area contributed by atoms with Crippen LogP contribution in [-0.4, -0.2) is 41.7 Å². The minimum Gasteiger partial charge on any atom is -0.497 e. The van der Waals surface area contributed by atoms with Crippen LogP contribution in [0.4, 0.5) is 15.6 Å². The summed E-state index contributed by atoms with van der Waals surface area (Å²) in [5, 5.41) is 13.8. The molecule has 24 heavy (non-hydrogen) atoms. The van der Waals surface area contributed by atoms with Gasteiger partial charge in [-0.3, -0.25) is 10.1 Å². The predicted octanol–water partition coefficient (Wildman–Crippen LogP) is 2.66. The van der Waals surface area contributed by atoms with Crippen molar-refractivity contribution in [2.24, 2.45) is 0 Å². The summed E-state index contributed by atoms with van der Waals surface area (Å²) >= 11 is 2.49. The normalized spacial score (nSPS) is 10.1. The third-order valence-corrected chi connectivity index (χ3v) is 4.54. The van der Waals surface area contributed by atoms with Crippen LogP contribution in [-0.2, 0) is 9.53 Å². The van der Waals surface area contributed by atoms with Crippen LogP contribution in [0.1, 0.15) is 6.92 Å². The van der Waals surface area contributed by atoms with Crippen molar-refractivity contribution >= 4 is 45.9 Å². The number of aromatic nitrogens is 2. The van der Waals surface area contributed by atoms with E-state index in [9.17, 15) is 9.59 Å². The Hall–Kier alpha value is -2.33.